The highest BCUT2D eigenvalue weighted by molar-refractivity contribution is 5.90. The molecule has 0 aromatic heterocycles. The molecule has 108 valence electrons. The van der Waals surface area contributed by atoms with Crippen LogP contribution in [-0.4, -0.2) is 32.5 Å². The van der Waals surface area contributed by atoms with Crippen molar-refractivity contribution in [1.29, 1.82) is 0 Å². The van der Waals surface area contributed by atoms with E-state index in [1.807, 2.05) is 19.1 Å². The van der Waals surface area contributed by atoms with Crippen LogP contribution in [0.2, 0.25) is 0 Å². The van der Waals surface area contributed by atoms with Gasteiger partial charge in [0.05, 0.1) is 19.8 Å². The maximum Gasteiger partial charge on any atom is 0.166 e. The summed E-state index contributed by atoms with van der Waals surface area (Å²) in [6.45, 7) is 4.58. The lowest BCUT2D eigenvalue weighted by Crippen LogP contribution is -2.38. The summed E-state index contributed by atoms with van der Waals surface area (Å²) in [5.74, 6) is 2.01. The first-order chi connectivity index (χ1) is 9.85. The summed E-state index contributed by atoms with van der Waals surface area (Å²) in [5.41, 5.74) is 5.66. The van der Waals surface area contributed by atoms with E-state index < -0.39 is 0 Å². The van der Waals surface area contributed by atoms with Crippen molar-refractivity contribution in [3.8, 4) is 11.5 Å². The van der Waals surface area contributed by atoms with Gasteiger partial charge in [-0.1, -0.05) is 12.1 Å². The van der Waals surface area contributed by atoms with E-state index in [0.29, 0.717) is 12.5 Å². The number of benzene rings is 1. The van der Waals surface area contributed by atoms with Crippen LogP contribution in [0.15, 0.2) is 23.3 Å². The molecule has 2 unspecified atom stereocenters. The van der Waals surface area contributed by atoms with Gasteiger partial charge in [-0.25, -0.2) is 0 Å². The minimum Gasteiger partial charge on any atom is -0.493 e. The minimum absolute atomic E-state index is 0.162. The Hall–Kier alpha value is -1.75. The average Bonchev–Trinajstić information content (AvgIpc) is 2.92. The molecular formula is C15H21N3O2. The summed E-state index contributed by atoms with van der Waals surface area (Å²) in [4.78, 5) is 0. The van der Waals surface area contributed by atoms with Crippen LogP contribution < -0.4 is 20.2 Å². The van der Waals surface area contributed by atoms with Crippen molar-refractivity contribution in [2.45, 2.75) is 19.4 Å². The molecule has 2 N–H and O–H groups in total. The fourth-order valence-electron chi connectivity index (χ4n) is 2.99. The number of hydrazone groups is 1. The fraction of sp³-hybridized carbons (Fsp3) is 0.533. The molecule has 0 amide bonds. The van der Waals surface area contributed by atoms with Gasteiger partial charge < -0.3 is 20.2 Å². The van der Waals surface area contributed by atoms with Crippen molar-refractivity contribution in [2.24, 2.45) is 11.0 Å². The molecule has 0 aliphatic carbocycles. The SMILES string of the molecule is CCOc1c(OC)cccc1C1NN=C2CCNCC21. The van der Waals surface area contributed by atoms with E-state index in [4.69, 9.17) is 9.47 Å². The largest absolute Gasteiger partial charge is 0.493 e. The van der Waals surface area contributed by atoms with Crippen LogP contribution in [0.1, 0.15) is 24.9 Å². The van der Waals surface area contributed by atoms with Crippen LogP contribution in [0.4, 0.5) is 0 Å². The molecule has 2 heterocycles. The van der Waals surface area contributed by atoms with E-state index in [9.17, 15) is 0 Å². The Labute approximate surface area is 119 Å². The highest BCUT2D eigenvalue weighted by Crippen LogP contribution is 2.40. The Morgan fingerprint density at radius 1 is 1.40 bits per heavy atom. The van der Waals surface area contributed by atoms with Crippen LogP contribution in [0, 0.1) is 5.92 Å². The summed E-state index contributed by atoms with van der Waals surface area (Å²) in [5, 5.41) is 7.95. The lowest BCUT2D eigenvalue weighted by atomic mass is 9.87. The smallest absolute Gasteiger partial charge is 0.166 e. The highest BCUT2D eigenvalue weighted by atomic mass is 16.5. The molecule has 1 aromatic carbocycles. The molecule has 5 heteroatoms. The molecular weight excluding hydrogens is 254 g/mol. The Morgan fingerprint density at radius 3 is 3.10 bits per heavy atom. The topological polar surface area (TPSA) is 54.9 Å². The van der Waals surface area contributed by atoms with E-state index in [1.165, 1.54) is 5.71 Å². The molecule has 2 aliphatic heterocycles. The first-order valence-corrected chi connectivity index (χ1v) is 7.17. The second kappa shape index (κ2) is 5.71. The maximum atomic E-state index is 5.81. The molecule has 20 heavy (non-hydrogen) atoms. The molecule has 0 saturated carbocycles. The summed E-state index contributed by atoms with van der Waals surface area (Å²) >= 11 is 0. The van der Waals surface area contributed by atoms with E-state index in [1.54, 1.807) is 7.11 Å². The molecule has 0 spiro atoms. The molecule has 1 saturated heterocycles. The van der Waals surface area contributed by atoms with Gasteiger partial charge in [0, 0.05) is 36.7 Å². The van der Waals surface area contributed by atoms with Crippen molar-refractivity contribution < 1.29 is 9.47 Å². The number of nitrogens with zero attached hydrogens (tertiary/aromatic N) is 1. The third kappa shape index (κ3) is 2.22. The lowest BCUT2D eigenvalue weighted by molar-refractivity contribution is 0.301. The van der Waals surface area contributed by atoms with Gasteiger partial charge in [0.2, 0.25) is 0 Å². The Kier molecular flexibility index (Phi) is 3.78. The molecule has 1 aromatic rings. The standard InChI is InChI=1S/C15H21N3O2/c1-3-20-15-10(5-4-6-13(15)19-2)14-11-9-16-8-7-12(11)17-18-14/h4-6,11,14,16,18H,3,7-9H2,1-2H3. The van der Waals surface area contributed by atoms with Crippen LogP contribution in [0.5, 0.6) is 11.5 Å². The average molecular weight is 275 g/mol. The first-order valence-electron chi connectivity index (χ1n) is 7.17. The van der Waals surface area contributed by atoms with Gasteiger partial charge >= 0.3 is 0 Å². The van der Waals surface area contributed by atoms with Crippen LogP contribution in [-0.2, 0) is 0 Å². The molecule has 2 atom stereocenters. The van der Waals surface area contributed by atoms with Gasteiger partial charge in [-0.05, 0) is 13.0 Å². The van der Waals surface area contributed by atoms with Gasteiger partial charge in [-0.3, -0.25) is 0 Å². The van der Waals surface area contributed by atoms with Crippen LogP contribution in [0.25, 0.3) is 0 Å². The summed E-state index contributed by atoms with van der Waals surface area (Å²) in [6.07, 6.45) is 1.02. The van der Waals surface area contributed by atoms with Gasteiger partial charge in [0.15, 0.2) is 11.5 Å². The van der Waals surface area contributed by atoms with E-state index in [2.05, 4.69) is 21.9 Å². The number of ether oxygens (including phenoxy) is 2. The van der Waals surface area contributed by atoms with Gasteiger partial charge in [0.25, 0.3) is 0 Å². The van der Waals surface area contributed by atoms with Crippen LogP contribution >= 0.6 is 0 Å². The molecule has 0 radical (unpaired) electrons. The number of rotatable bonds is 4. The fourth-order valence-corrected chi connectivity index (χ4v) is 2.99. The third-order valence-electron chi connectivity index (χ3n) is 3.95. The quantitative estimate of drug-likeness (QED) is 0.878. The van der Waals surface area contributed by atoms with Crippen molar-refractivity contribution in [1.82, 2.24) is 10.7 Å². The third-order valence-corrected chi connectivity index (χ3v) is 3.95. The van der Waals surface area contributed by atoms with E-state index in [0.717, 1.165) is 36.6 Å². The van der Waals surface area contributed by atoms with E-state index >= 15 is 0 Å². The maximum absolute atomic E-state index is 5.81. The Morgan fingerprint density at radius 2 is 2.30 bits per heavy atom. The first kappa shape index (κ1) is 13.2. The zero-order valence-corrected chi connectivity index (χ0v) is 12.0. The van der Waals surface area contributed by atoms with Crippen molar-refractivity contribution in [3.05, 3.63) is 23.8 Å². The minimum atomic E-state index is 0.162. The zero-order valence-electron chi connectivity index (χ0n) is 12.0. The van der Waals surface area contributed by atoms with E-state index in [-0.39, 0.29) is 6.04 Å². The zero-order chi connectivity index (χ0) is 13.9. The summed E-state index contributed by atoms with van der Waals surface area (Å²) < 4.78 is 11.2. The predicted molar refractivity (Wildman–Crippen MR) is 78.5 cm³/mol. The highest BCUT2D eigenvalue weighted by Gasteiger charge is 2.36. The number of nitrogens with one attached hydrogen (secondary N) is 2. The molecule has 5 nitrogen and oxygen atoms in total. The van der Waals surface area contributed by atoms with Gasteiger partial charge in [0.1, 0.15) is 0 Å². The number of methoxy groups -OCH3 is 1. The second-order valence-electron chi connectivity index (χ2n) is 5.08. The number of hydrogen-bond donors (Lipinski definition) is 2. The van der Waals surface area contributed by atoms with Gasteiger partial charge in [-0.2, -0.15) is 5.10 Å². The molecule has 2 aliphatic rings. The number of para-hydroxylation sites is 1. The summed E-state index contributed by atoms with van der Waals surface area (Å²) in [6, 6.07) is 6.20. The van der Waals surface area contributed by atoms with Crippen molar-refractivity contribution in [3.63, 3.8) is 0 Å². The molecule has 3 rings (SSSR count). The van der Waals surface area contributed by atoms with Gasteiger partial charge in [-0.15, -0.1) is 0 Å². The predicted octanol–water partition coefficient (Wildman–Crippen LogP) is 1.70. The number of piperidine rings is 1. The van der Waals surface area contributed by atoms with Crippen LogP contribution in [0.3, 0.4) is 0 Å². The normalized spacial score (nSPS) is 24.6. The number of fused-ring (bicyclic) bond motifs is 1. The lowest BCUT2D eigenvalue weighted by Gasteiger charge is -2.27. The molecule has 1 fully saturated rings. The monoisotopic (exact) mass is 275 g/mol. The van der Waals surface area contributed by atoms with Crippen molar-refractivity contribution >= 4 is 5.71 Å². The number of hydrogen-bond acceptors (Lipinski definition) is 5. The Bertz CT molecular complexity index is 516. The Balaban J connectivity index is 1.94. The van der Waals surface area contributed by atoms with Crippen molar-refractivity contribution in [2.75, 3.05) is 26.8 Å². The molecule has 0 bridgehead atoms. The second-order valence-corrected chi connectivity index (χ2v) is 5.08. The summed E-state index contributed by atoms with van der Waals surface area (Å²) in [7, 11) is 1.67.